The van der Waals surface area contributed by atoms with E-state index in [-0.39, 0.29) is 41.9 Å². The number of likely N-dealkylation sites (tertiary alicyclic amines) is 1. The smallest absolute Gasteiger partial charge is 0.319 e. The Bertz CT molecular complexity index is 917. The summed E-state index contributed by atoms with van der Waals surface area (Å²) in [5.41, 5.74) is 1.10. The highest BCUT2D eigenvalue weighted by atomic mass is 16.5. The number of nitrogens with one attached hydrogen (secondary N) is 1. The number of carbonyl (C=O) groups is 2. The van der Waals surface area contributed by atoms with Crippen LogP contribution >= 0.6 is 0 Å². The molecule has 0 bridgehead atoms. The molecule has 5 aliphatic rings. The van der Waals surface area contributed by atoms with Crippen molar-refractivity contribution in [3.8, 4) is 0 Å². The number of quaternary nitrogens is 1. The van der Waals surface area contributed by atoms with Crippen molar-refractivity contribution in [1.29, 1.82) is 0 Å². The zero-order valence-electron chi connectivity index (χ0n) is 19.6. The van der Waals surface area contributed by atoms with Gasteiger partial charge < -0.3 is 19.7 Å². The van der Waals surface area contributed by atoms with E-state index in [4.69, 9.17) is 9.47 Å². The van der Waals surface area contributed by atoms with Gasteiger partial charge in [-0.3, -0.25) is 0 Å². The Morgan fingerprint density at radius 1 is 1.24 bits per heavy atom. The zero-order chi connectivity index (χ0) is 22.6. The first-order valence-electron chi connectivity index (χ1n) is 12.9. The summed E-state index contributed by atoms with van der Waals surface area (Å²) in [4.78, 5) is 28.4. The van der Waals surface area contributed by atoms with Crippen LogP contribution in [-0.2, 0) is 14.3 Å². The summed E-state index contributed by atoms with van der Waals surface area (Å²) in [5.74, 6) is 0.860. The molecule has 7 nitrogen and oxygen atoms in total. The molecule has 178 valence electrons. The summed E-state index contributed by atoms with van der Waals surface area (Å²) in [6.07, 6.45) is 6.69. The lowest BCUT2D eigenvalue weighted by molar-refractivity contribution is -0.868. The van der Waals surface area contributed by atoms with Crippen molar-refractivity contribution in [2.24, 2.45) is 0 Å². The number of hydrogen-bond donors (Lipinski definition) is 1. The van der Waals surface area contributed by atoms with E-state index in [1.807, 2.05) is 11.8 Å². The first kappa shape index (κ1) is 21.6. The molecule has 1 N–H and O–H groups in total. The molecule has 4 aliphatic heterocycles. The van der Waals surface area contributed by atoms with Crippen LogP contribution in [0.4, 0.5) is 4.79 Å². The number of hydrogen-bond acceptors (Lipinski definition) is 4. The fourth-order valence-corrected chi connectivity index (χ4v) is 7.75. The monoisotopic (exact) mass is 454 g/mol. The predicted octanol–water partition coefficient (Wildman–Crippen LogP) is 3.15. The average Bonchev–Trinajstić information content (AvgIpc) is 3.46. The molecule has 1 saturated carbocycles. The lowest BCUT2D eigenvalue weighted by Crippen LogP contribution is -2.81. The van der Waals surface area contributed by atoms with Gasteiger partial charge >= 0.3 is 11.9 Å². The lowest BCUT2D eigenvalue weighted by Gasteiger charge is -2.56. The van der Waals surface area contributed by atoms with Crippen molar-refractivity contribution in [2.45, 2.75) is 87.7 Å². The highest BCUT2D eigenvalue weighted by Crippen LogP contribution is 2.68. The third-order valence-electron chi connectivity index (χ3n) is 9.12. The molecule has 4 heterocycles. The van der Waals surface area contributed by atoms with Crippen LogP contribution in [0.5, 0.6) is 0 Å². The predicted molar refractivity (Wildman–Crippen MR) is 122 cm³/mol. The molecule has 0 radical (unpaired) electrons. The number of amides is 3. The van der Waals surface area contributed by atoms with E-state index in [1.165, 1.54) is 5.56 Å². The Balaban J connectivity index is 1.21. The minimum atomic E-state index is -0.326. The third kappa shape index (κ3) is 2.98. The second kappa shape index (κ2) is 8.07. The Hall–Kier alpha value is -1.96. The highest BCUT2D eigenvalue weighted by molar-refractivity contribution is 5.78. The molecule has 3 amide bonds. The molecule has 7 heteroatoms. The van der Waals surface area contributed by atoms with Crippen molar-refractivity contribution >= 4 is 11.9 Å². The SMILES string of the molecule is CCNC(=O)N1CCCC23COCCC(=O)[N+]24C(OC2CCC(c5ccccc5)CC2)C4C13. The van der Waals surface area contributed by atoms with Crippen LogP contribution in [0.3, 0.4) is 0 Å². The summed E-state index contributed by atoms with van der Waals surface area (Å²) < 4.78 is 13.2. The topological polar surface area (TPSA) is 67.9 Å². The molecule has 5 atom stereocenters. The van der Waals surface area contributed by atoms with E-state index in [0.717, 1.165) is 45.1 Å². The standard InChI is InChI=1S/C26H35N3O4/c1-2-27-25(31)28-15-6-14-26-17-32-16-13-21(30)29(26)22(23(26)28)24(29)33-20-11-9-19(10-12-20)18-7-4-3-5-8-18/h3-5,7-8,19-20,22-24H,2,6,9-17H2,1H3/p+1. The van der Waals surface area contributed by atoms with Gasteiger partial charge in [0.05, 0.1) is 19.1 Å². The summed E-state index contributed by atoms with van der Waals surface area (Å²) in [5, 5.41) is 2.99. The molecule has 1 aliphatic carbocycles. The third-order valence-corrected chi connectivity index (χ3v) is 9.12. The van der Waals surface area contributed by atoms with E-state index in [2.05, 4.69) is 35.6 Å². The van der Waals surface area contributed by atoms with Crippen LogP contribution in [-0.4, -0.2) is 77.6 Å². The molecular formula is C26H36N3O4+. The van der Waals surface area contributed by atoms with Gasteiger partial charge in [0, 0.05) is 19.5 Å². The molecule has 2 spiro atoms. The van der Waals surface area contributed by atoms with Gasteiger partial charge in [-0.2, -0.15) is 0 Å². The molecule has 4 saturated heterocycles. The number of piperidine rings is 1. The van der Waals surface area contributed by atoms with Crippen LogP contribution in [0, 0.1) is 0 Å². The number of fused-ring (bicyclic) bond motifs is 1. The van der Waals surface area contributed by atoms with Gasteiger partial charge in [0.15, 0.2) is 11.6 Å². The van der Waals surface area contributed by atoms with Crippen molar-refractivity contribution in [2.75, 3.05) is 26.3 Å². The van der Waals surface area contributed by atoms with Crippen molar-refractivity contribution in [1.82, 2.24) is 10.2 Å². The van der Waals surface area contributed by atoms with Gasteiger partial charge in [0.2, 0.25) is 6.04 Å². The zero-order valence-corrected chi connectivity index (χ0v) is 19.6. The average molecular weight is 455 g/mol. The van der Waals surface area contributed by atoms with E-state index in [1.54, 1.807) is 0 Å². The van der Waals surface area contributed by atoms with Gasteiger partial charge in [-0.15, -0.1) is 0 Å². The van der Waals surface area contributed by atoms with E-state index in [9.17, 15) is 9.59 Å². The quantitative estimate of drug-likeness (QED) is 0.561. The van der Waals surface area contributed by atoms with Gasteiger partial charge in [-0.1, -0.05) is 30.3 Å². The molecule has 0 aromatic heterocycles. The van der Waals surface area contributed by atoms with Crippen molar-refractivity contribution < 1.29 is 23.5 Å². The van der Waals surface area contributed by atoms with E-state index < -0.39 is 0 Å². The summed E-state index contributed by atoms with van der Waals surface area (Å²) in [6.45, 7) is 4.34. The molecule has 1 aromatic carbocycles. The largest absolute Gasteiger partial charge is 0.374 e. The Morgan fingerprint density at radius 3 is 2.79 bits per heavy atom. The maximum Gasteiger partial charge on any atom is 0.319 e. The molecule has 33 heavy (non-hydrogen) atoms. The molecule has 1 aromatic rings. The van der Waals surface area contributed by atoms with Crippen LogP contribution in [0.2, 0.25) is 0 Å². The second-order valence-electron chi connectivity index (χ2n) is 10.6. The molecule has 5 fully saturated rings. The normalized spacial score (nSPS) is 41.7. The first-order chi connectivity index (χ1) is 16.1. The minimum absolute atomic E-state index is 0.00918. The van der Waals surface area contributed by atoms with Gasteiger partial charge in [0.1, 0.15) is 6.61 Å². The number of ether oxygens (including phenoxy) is 2. The van der Waals surface area contributed by atoms with Crippen LogP contribution in [0.15, 0.2) is 30.3 Å². The number of rotatable bonds is 4. The minimum Gasteiger partial charge on any atom is -0.374 e. The molecule has 6 rings (SSSR count). The number of urea groups is 1. The lowest BCUT2D eigenvalue weighted by atomic mass is 9.72. The fourth-order valence-electron chi connectivity index (χ4n) is 7.75. The highest BCUT2D eigenvalue weighted by Gasteiger charge is 2.97. The van der Waals surface area contributed by atoms with Crippen molar-refractivity contribution in [3.63, 3.8) is 0 Å². The van der Waals surface area contributed by atoms with Crippen molar-refractivity contribution in [3.05, 3.63) is 35.9 Å². The number of benzene rings is 1. The van der Waals surface area contributed by atoms with Gasteiger partial charge in [0.25, 0.3) is 6.23 Å². The van der Waals surface area contributed by atoms with Gasteiger partial charge in [-0.25, -0.2) is 14.1 Å². The Morgan fingerprint density at radius 2 is 2.03 bits per heavy atom. The second-order valence-corrected chi connectivity index (χ2v) is 10.6. The molecular weight excluding hydrogens is 418 g/mol. The molecule has 5 unspecified atom stereocenters. The summed E-state index contributed by atoms with van der Waals surface area (Å²) >= 11 is 0. The maximum absolute atomic E-state index is 13.5. The van der Waals surface area contributed by atoms with Gasteiger partial charge in [-0.05, 0) is 50.5 Å². The number of carbonyl (C=O) groups excluding carboxylic acids is 2. The fraction of sp³-hybridized carbons (Fsp3) is 0.692. The first-order valence-corrected chi connectivity index (χ1v) is 12.9. The van der Waals surface area contributed by atoms with Crippen LogP contribution < -0.4 is 5.32 Å². The Labute approximate surface area is 196 Å². The number of nitrogens with zero attached hydrogens (tertiary/aromatic N) is 2. The van der Waals surface area contributed by atoms with E-state index >= 15 is 0 Å². The maximum atomic E-state index is 13.5. The van der Waals surface area contributed by atoms with E-state index in [0.29, 0.717) is 36.6 Å². The summed E-state index contributed by atoms with van der Waals surface area (Å²) in [6, 6.07) is 10.9. The van der Waals surface area contributed by atoms with Crippen LogP contribution in [0.25, 0.3) is 0 Å². The van der Waals surface area contributed by atoms with Crippen LogP contribution in [0.1, 0.15) is 63.4 Å². The Kier molecular flexibility index (Phi) is 5.27. The summed E-state index contributed by atoms with van der Waals surface area (Å²) in [7, 11) is 0.